The molecule has 162 valence electrons. The van der Waals surface area contributed by atoms with Crippen molar-refractivity contribution >= 4 is 17.5 Å². The molecule has 8 nitrogen and oxygen atoms in total. The van der Waals surface area contributed by atoms with Gasteiger partial charge in [0.05, 0.1) is 28.7 Å². The first-order valence-electron chi connectivity index (χ1n) is 10.7. The maximum Gasteiger partial charge on any atom is 0.225 e. The van der Waals surface area contributed by atoms with Crippen LogP contribution in [-0.2, 0) is 17.8 Å². The van der Waals surface area contributed by atoms with E-state index in [1.165, 1.54) is 0 Å². The Balaban J connectivity index is 1.43. The summed E-state index contributed by atoms with van der Waals surface area (Å²) in [6.07, 6.45) is 7.34. The fraction of sp³-hybridized carbons (Fsp3) is 0.455. The van der Waals surface area contributed by atoms with Crippen LogP contribution in [0, 0.1) is 0 Å². The number of hydrogen-bond acceptors (Lipinski definition) is 7. The van der Waals surface area contributed by atoms with Crippen LogP contribution < -0.4 is 4.90 Å². The van der Waals surface area contributed by atoms with Crippen LogP contribution in [0.4, 0.5) is 5.95 Å². The first kappa shape index (κ1) is 20.4. The average molecular weight is 440 g/mol. The molecule has 1 fully saturated rings. The van der Waals surface area contributed by atoms with Crippen molar-refractivity contribution in [3.8, 4) is 11.3 Å². The van der Waals surface area contributed by atoms with Gasteiger partial charge in [-0.25, -0.2) is 9.97 Å². The highest BCUT2D eigenvalue weighted by atomic mass is 35.5. The Hall–Kier alpha value is -2.55. The molecule has 2 aliphatic rings. The summed E-state index contributed by atoms with van der Waals surface area (Å²) in [6.45, 7) is 4.92. The molecule has 0 spiro atoms. The van der Waals surface area contributed by atoms with Gasteiger partial charge in [-0.3, -0.25) is 15.0 Å². The molecule has 1 saturated heterocycles. The lowest BCUT2D eigenvalue weighted by Gasteiger charge is -2.31. The van der Waals surface area contributed by atoms with Crippen molar-refractivity contribution in [3.05, 3.63) is 52.7 Å². The lowest BCUT2D eigenvalue weighted by molar-refractivity contribution is 0.140. The summed E-state index contributed by atoms with van der Waals surface area (Å²) in [4.78, 5) is 18.1. The van der Waals surface area contributed by atoms with E-state index in [2.05, 4.69) is 24.9 Å². The van der Waals surface area contributed by atoms with Crippen molar-refractivity contribution < 1.29 is 4.74 Å². The van der Waals surface area contributed by atoms with Crippen molar-refractivity contribution in [2.24, 2.45) is 0 Å². The molecule has 1 N–H and O–H groups in total. The monoisotopic (exact) mass is 439 g/mol. The number of rotatable bonds is 5. The fourth-order valence-corrected chi connectivity index (χ4v) is 4.78. The summed E-state index contributed by atoms with van der Waals surface area (Å²) in [5.41, 5.74) is 5.53. The number of hydrogen-bond donors (Lipinski definition) is 1. The van der Waals surface area contributed by atoms with E-state index in [9.17, 15) is 0 Å². The molecule has 0 aliphatic carbocycles. The molecule has 0 radical (unpaired) electrons. The average Bonchev–Trinajstić information content (AvgIpc) is 3.14. The van der Waals surface area contributed by atoms with Gasteiger partial charge >= 0.3 is 0 Å². The lowest BCUT2D eigenvalue weighted by atomic mass is 9.89. The Morgan fingerprint density at radius 3 is 2.74 bits per heavy atom. The number of pyridine rings is 1. The van der Waals surface area contributed by atoms with Crippen LogP contribution in [0.2, 0.25) is 5.02 Å². The summed E-state index contributed by atoms with van der Waals surface area (Å²) >= 11 is 6.30. The molecule has 0 atom stereocenters. The van der Waals surface area contributed by atoms with Gasteiger partial charge in [0.1, 0.15) is 0 Å². The molecular weight excluding hydrogens is 414 g/mol. The third-order valence-electron chi connectivity index (χ3n) is 6.14. The van der Waals surface area contributed by atoms with Crippen molar-refractivity contribution in [2.75, 3.05) is 38.3 Å². The predicted octanol–water partition coefficient (Wildman–Crippen LogP) is 3.26. The SMILES string of the molecule is COCCN1Cc2cc(Cl)cnc2-c2c(C3CCN(c4ncccn4)CC3)n[nH]c2C1. The predicted molar refractivity (Wildman–Crippen MR) is 119 cm³/mol. The number of piperidine rings is 1. The quantitative estimate of drug-likeness (QED) is 0.653. The molecular formula is C22H26ClN7O. The van der Waals surface area contributed by atoms with E-state index in [4.69, 9.17) is 26.4 Å². The maximum absolute atomic E-state index is 6.30. The second-order valence-electron chi connectivity index (χ2n) is 8.14. The van der Waals surface area contributed by atoms with Crippen LogP contribution in [0.15, 0.2) is 30.7 Å². The van der Waals surface area contributed by atoms with Crippen LogP contribution in [-0.4, -0.2) is 63.4 Å². The van der Waals surface area contributed by atoms with Crippen molar-refractivity contribution in [2.45, 2.75) is 31.8 Å². The number of fused-ring (bicyclic) bond motifs is 3. The van der Waals surface area contributed by atoms with Gasteiger partial charge in [0, 0.05) is 69.9 Å². The minimum Gasteiger partial charge on any atom is -0.383 e. The first-order chi connectivity index (χ1) is 15.2. The molecule has 3 aromatic heterocycles. The van der Waals surface area contributed by atoms with Crippen molar-refractivity contribution in [3.63, 3.8) is 0 Å². The van der Waals surface area contributed by atoms with E-state index in [-0.39, 0.29) is 0 Å². The van der Waals surface area contributed by atoms with Gasteiger partial charge in [-0.2, -0.15) is 5.10 Å². The second kappa shape index (κ2) is 8.90. The van der Waals surface area contributed by atoms with Crippen LogP contribution in [0.3, 0.4) is 0 Å². The number of nitrogens with zero attached hydrogens (tertiary/aromatic N) is 6. The Bertz CT molecular complexity index is 1030. The number of aromatic amines is 1. The third-order valence-corrected chi connectivity index (χ3v) is 6.35. The summed E-state index contributed by atoms with van der Waals surface area (Å²) in [5.74, 6) is 1.17. The van der Waals surface area contributed by atoms with Gasteiger partial charge in [-0.15, -0.1) is 0 Å². The first-order valence-corrected chi connectivity index (χ1v) is 11.1. The highest BCUT2D eigenvalue weighted by Gasteiger charge is 2.31. The molecule has 3 aromatic rings. The van der Waals surface area contributed by atoms with Crippen LogP contribution in [0.5, 0.6) is 0 Å². The van der Waals surface area contributed by atoms with E-state index in [0.717, 1.165) is 79.7 Å². The molecule has 9 heteroatoms. The van der Waals surface area contributed by atoms with Crippen LogP contribution in [0.25, 0.3) is 11.3 Å². The molecule has 31 heavy (non-hydrogen) atoms. The molecule has 0 unspecified atom stereocenters. The summed E-state index contributed by atoms with van der Waals surface area (Å²) in [6, 6.07) is 3.88. The van der Waals surface area contributed by atoms with Crippen LogP contribution in [0.1, 0.15) is 35.7 Å². The number of anilines is 1. The zero-order chi connectivity index (χ0) is 21.2. The van der Waals surface area contributed by atoms with E-state index >= 15 is 0 Å². The number of H-pyrrole nitrogens is 1. The zero-order valence-electron chi connectivity index (χ0n) is 17.6. The Labute approximate surface area is 186 Å². The zero-order valence-corrected chi connectivity index (χ0v) is 18.3. The third kappa shape index (κ3) is 4.15. The number of methoxy groups -OCH3 is 1. The smallest absolute Gasteiger partial charge is 0.225 e. The van der Waals surface area contributed by atoms with Crippen LogP contribution >= 0.6 is 11.6 Å². The minimum atomic E-state index is 0.371. The largest absolute Gasteiger partial charge is 0.383 e. The molecule has 5 heterocycles. The molecule has 0 bridgehead atoms. The van der Waals surface area contributed by atoms with Crippen molar-refractivity contribution in [1.29, 1.82) is 0 Å². The second-order valence-corrected chi connectivity index (χ2v) is 8.57. The lowest BCUT2D eigenvalue weighted by Crippen LogP contribution is -2.34. The van der Waals surface area contributed by atoms with E-state index in [0.29, 0.717) is 17.5 Å². The van der Waals surface area contributed by atoms with Gasteiger partial charge in [0.15, 0.2) is 0 Å². The number of nitrogens with one attached hydrogen (secondary N) is 1. The Morgan fingerprint density at radius 1 is 1.16 bits per heavy atom. The summed E-state index contributed by atoms with van der Waals surface area (Å²) in [7, 11) is 1.73. The van der Waals surface area contributed by atoms with E-state index in [1.54, 1.807) is 25.7 Å². The summed E-state index contributed by atoms with van der Waals surface area (Å²) in [5, 5.41) is 8.78. The van der Waals surface area contributed by atoms with Crippen molar-refractivity contribution in [1.82, 2.24) is 30.0 Å². The molecule has 5 rings (SSSR count). The number of ether oxygens (including phenoxy) is 1. The molecule has 0 saturated carbocycles. The molecule has 2 aliphatic heterocycles. The highest BCUT2D eigenvalue weighted by molar-refractivity contribution is 6.30. The summed E-state index contributed by atoms with van der Waals surface area (Å²) < 4.78 is 5.31. The molecule has 0 amide bonds. The minimum absolute atomic E-state index is 0.371. The number of halogens is 1. The highest BCUT2D eigenvalue weighted by Crippen LogP contribution is 2.39. The fourth-order valence-electron chi connectivity index (χ4n) is 4.60. The van der Waals surface area contributed by atoms with Gasteiger partial charge in [0.2, 0.25) is 5.95 Å². The van der Waals surface area contributed by atoms with E-state index in [1.807, 2.05) is 12.1 Å². The van der Waals surface area contributed by atoms with E-state index < -0.39 is 0 Å². The van der Waals surface area contributed by atoms with Gasteiger partial charge in [-0.05, 0) is 30.5 Å². The van der Waals surface area contributed by atoms with Gasteiger partial charge in [0.25, 0.3) is 0 Å². The Kier molecular flexibility index (Phi) is 5.85. The van der Waals surface area contributed by atoms with Gasteiger partial charge < -0.3 is 9.64 Å². The normalized spacial score (nSPS) is 17.3. The van der Waals surface area contributed by atoms with Gasteiger partial charge in [-0.1, -0.05) is 11.6 Å². The molecule has 0 aromatic carbocycles. The maximum atomic E-state index is 6.30. The standard InChI is InChI=1S/C22H26ClN7O/c1-31-10-9-29-13-16-11-17(23)12-26-20(16)19-18(14-29)27-28-21(19)15-3-7-30(8-4-15)22-24-5-2-6-25-22/h2,5-6,11-12,15H,3-4,7-10,13-14H2,1H3,(H,27,28). The number of aromatic nitrogens is 5. The Morgan fingerprint density at radius 2 is 1.97 bits per heavy atom. The topological polar surface area (TPSA) is 83.1 Å².